The topological polar surface area (TPSA) is 85.2 Å². The number of ether oxygens (including phenoxy) is 1. The second-order valence-corrected chi connectivity index (χ2v) is 7.32. The van der Waals surface area contributed by atoms with E-state index >= 15 is 0 Å². The number of hydrogen-bond acceptors (Lipinski definition) is 6. The van der Waals surface area contributed by atoms with Crippen LogP contribution in [0, 0.1) is 35.5 Å². The summed E-state index contributed by atoms with van der Waals surface area (Å²) in [5.74, 6) is 5.93. The second kappa shape index (κ2) is 10.3. The lowest BCUT2D eigenvalue weighted by atomic mass is 9.90. The second-order valence-electron chi connectivity index (χ2n) is 7.32. The van der Waals surface area contributed by atoms with E-state index < -0.39 is 6.10 Å². The fraction of sp³-hybridized carbons (Fsp3) is 0.667. The molecule has 2 fully saturated rings. The molecular weight excluding hydrogens is 346 g/mol. The van der Waals surface area contributed by atoms with Crippen molar-refractivity contribution in [2.45, 2.75) is 52.1 Å². The summed E-state index contributed by atoms with van der Waals surface area (Å²) in [6.45, 7) is 3.84. The molecule has 0 aromatic rings. The van der Waals surface area contributed by atoms with Crippen molar-refractivity contribution in [1.82, 2.24) is 0 Å². The Morgan fingerprint density at radius 3 is 2.89 bits per heavy atom. The first kappa shape index (κ1) is 21.2. The van der Waals surface area contributed by atoms with Crippen molar-refractivity contribution in [3.8, 4) is 11.8 Å². The molecule has 6 nitrogen and oxygen atoms in total. The number of hydrogen-bond donors (Lipinski definition) is 1. The minimum Gasteiger partial charge on any atom is -0.469 e. The number of methoxy groups -OCH3 is 1. The Hall–Kier alpha value is -2.13. The number of rotatable bonds is 8. The number of carbonyl (C=O) groups is 2. The molecule has 0 aliphatic heterocycles. The normalized spacial score (nSPS) is 29.3. The van der Waals surface area contributed by atoms with Crippen LogP contribution in [0.25, 0.3) is 0 Å². The van der Waals surface area contributed by atoms with Gasteiger partial charge in [-0.15, -0.1) is 11.8 Å². The smallest absolute Gasteiger partial charge is 0.309 e. The minimum absolute atomic E-state index is 0.0359. The molecule has 6 heteroatoms. The zero-order valence-corrected chi connectivity index (χ0v) is 16.3. The van der Waals surface area contributed by atoms with Gasteiger partial charge >= 0.3 is 5.97 Å². The van der Waals surface area contributed by atoms with Gasteiger partial charge in [0, 0.05) is 18.3 Å². The Labute approximate surface area is 161 Å². The first-order chi connectivity index (χ1) is 13.0. The highest BCUT2D eigenvalue weighted by Crippen LogP contribution is 2.47. The molecule has 2 aliphatic carbocycles. The number of allylic oxidation sites excluding steroid dienone is 1. The van der Waals surface area contributed by atoms with Crippen LogP contribution in [0.1, 0.15) is 46.0 Å². The Morgan fingerprint density at radius 1 is 1.41 bits per heavy atom. The first-order valence-corrected chi connectivity index (χ1v) is 9.50. The first-order valence-electron chi connectivity index (χ1n) is 9.50. The lowest BCUT2D eigenvalue weighted by Gasteiger charge is -2.16. The van der Waals surface area contributed by atoms with Crippen LogP contribution in [-0.4, -0.2) is 42.4 Å². The number of aliphatic hydroxyl groups is 1. The van der Waals surface area contributed by atoms with Crippen LogP contribution in [0.2, 0.25) is 0 Å². The molecule has 0 bridgehead atoms. The van der Waals surface area contributed by atoms with Gasteiger partial charge in [-0.2, -0.15) is 0 Å². The number of ketones is 1. The van der Waals surface area contributed by atoms with Crippen LogP contribution >= 0.6 is 0 Å². The van der Waals surface area contributed by atoms with Gasteiger partial charge in [-0.3, -0.25) is 9.59 Å². The molecular formula is C21H29NO5. The molecule has 0 amide bonds. The monoisotopic (exact) mass is 375 g/mol. The van der Waals surface area contributed by atoms with Gasteiger partial charge in [0.2, 0.25) is 0 Å². The predicted molar refractivity (Wildman–Crippen MR) is 102 cm³/mol. The van der Waals surface area contributed by atoms with Gasteiger partial charge in [0.1, 0.15) is 6.61 Å². The van der Waals surface area contributed by atoms with E-state index in [-0.39, 0.29) is 42.5 Å². The molecule has 27 heavy (non-hydrogen) atoms. The van der Waals surface area contributed by atoms with Crippen molar-refractivity contribution in [1.29, 1.82) is 0 Å². The molecule has 1 unspecified atom stereocenters. The Balaban J connectivity index is 1.88. The summed E-state index contributed by atoms with van der Waals surface area (Å²) in [6, 6.07) is 0. The lowest BCUT2D eigenvalue weighted by Crippen LogP contribution is -2.18. The van der Waals surface area contributed by atoms with E-state index in [1.165, 1.54) is 7.11 Å². The predicted octanol–water partition coefficient (Wildman–Crippen LogP) is 2.50. The fourth-order valence-corrected chi connectivity index (χ4v) is 3.88. The highest BCUT2D eigenvalue weighted by molar-refractivity contribution is 5.91. The molecule has 1 N–H and O–H groups in total. The van der Waals surface area contributed by atoms with Crippen molar-refractivity contribution >= 4 is 17.5 Å². The maximum absolute atomic E-state index is 12.2. The van der Waals surface area contributed by atoms with Crippen LogP contribution in [0.3, 0.4) is 0 Å². The Bertz CT molecular complexity index is 657. The molecule has 2 saturated carbocycles. The standard InChI is InChI=1S/C21H29NO5/c1-4-5-6-14(2)19(23)8-7-17-18-13-16(11-15(18)12-20(17)24)22-27-10-9-21(25)26-3/h7-8,14-15,17-18,20,24H,6,9-13H2,1-3H3/b8-7?,22-16+/t14?,15-,17-,18+,20-/m0/s1. The Morgan fingerprint density at radius 2 is 2.19 bits per heavy atom. The van der Waals surface area contributed by atoms with Crippen molar-refractivity contribution < 1.29 is 24.3 Å². The number of aliphatic hydroxyl groups excluding tert-OH is 1. The summed E-state index contributed by atoms with van der Waals surface area (Å²) in [4.78, 5) is 28.5. The molecule has 5 atom stereocenters. The van der Waals surface area contributed by atoms with E-state index in [9.17, 15) is 14.7 Å². The quantitative estimate of drug-likeness (QED) is 0.232. The molecule has 2 aliphatic rings. The van der Waals surface area contributed by atoms with Crippen molar-refractivity contribution in [3.63, 3.8) is 0 Å². The number of esters is 1. The van der Waals surface area contributed by atoms with Gasteiger partial charge in [-0.1, -0.05) is 18.2 Å². The number of nitrogens with zero attached hydrogens (tertiary/aromatic N) is 1. The van der Waals surface area contributed by atoms with Gasteiger partial charge in [0.25, 0.3) is 0 Å². The van der Waals surface area contributed by atoms with E-state index in [1.54, 1.807) is 13.0 Å². The highest BCUT2D eigenvalue weighted by Gasteiger charge is 2.46. The van der Waals surface area contributed by atoms with E-state index in [2.05, 4.69) is 21.7 Å². The summed E-state index contributed by atoms with van der Waals surface area (Å²) >= 11 is 0. The Kier molecular flexibility index (Phi) is 8.05. The third-order valence-corrected chi connectivity index (χ3v) is 5.43. The molecule has 0 aromatic carbocycles. The summed E-state index contributed by atoms with van der Waals surface area (Å²) in [5.41, 5.74) is 0.957. The molecule has 2 rings (SSSR count). The molecule has 0 saturated heterocycles. The third kappa shape index (κ3) is 5.93. The average Bonchev–Trinajstić information content (AvgIpc) is 3.17. The number of fused-ring (bicyclic) bond motifs is 1. The van der Waals surface area contributed by atoms with Crippen LogP contribution < -0.4 is 0 Å². The SMILES string of the molecule is CC#CCC(C)C(=O)C=C[C@H]1[C@@H]2C/C(=N/OCCC(=O)OC)C[C@H]2C[C@@H]1O. The van der Waals surface area contributed by atoms with E-state index in [0.29, 0.717) is 18.8 Å². The summed E-state index contributed by atoms with van der Waals surface area (Å²) in [5, 5.41) is 14.5. The third-order valence-electron chi connectivity index (χ3n) is 5.43. The average molecular weight is 375 g/mol. The zero-order valence-electron chi connectivity index (χ0n) is 16.3. The van der Waals surface area contributed by atoms with Crippen molar-refractivity contribution in [2.24, 2.45) is 28.8 Å². The molecule has 0 heterocycles. The molecule has 0 aromatic heterocycles. The van der Waals surface area contributed by atoms with Gasteiger partial charge in [-0.05, 0) is 44.1 Å². The summed E-state index contributed by atoms with van der Waals surface area (Å²) in [7, 11) is 1.34. The molecule has 148 valence electrons. The van der Waals surface area contributed by atoms with Crippen LogP contribution in [-0.2, 0) is 19.2 Å². The maximum Gasteiger partial charge on any atom is 0.309 e. The largest absolute Gasteiger partial charge is 0.469 e. The van der Waals surface area contributed by atoms with Gasteiger partial charge in [0.05, 0.1) is 25.3 Å². The van der Waals surface area contributed by atoms with Gasteiger partial charge in [0.15, 0.2) is 5.78 Å². The summed E-state index contributed by atoms with van der Waals surface area (Å²) in [6.07, 6.45) is 6.05. The van der Waals surface area contributed by atoms with Crippen LogP contribution in [0.4, 0.5) is 0 Å². The van der Waals surface area contributed by atoms with Crippen LogP contribution in [0.15, 0.2) is 17.3 Å². The van der Waals surface area contributed by atoms with Gasteiger partial charge in [-0.25, -0.2) is 0 Å². The molecule has 0 spiro atoms. The highest BCUT2D eigenvalue weighted by atomic mass is 16.6. The molecule has 0 radical (unpaired) electrons. The van der Waals surface area contributed by atoms with Crippen molar-refractivity contribution in [3.05, 3.63) is 12.2 Å². The minimum atomic E-state index is -0.420. The van der Waals surface area contributed by atoms with Gasteiger partial charge < -0.3 is 14.7 Å². The van der Waals surface area contributed by atoms with E-state index in [4.69, 9.17) is 4.84 Å². The van der Waals surface area contributed by atoms with Crippen molar-refractivity contribution in [2.75, 3.05) is 13.7 Å². The van der Waals surface area contributed by atoms with Crippen LogP contribution in [0.5, 0.6) is 0 Å². The summed E-state index contributed by atoms with van der Waals surface area (Å²) < 4.78 is 4.56. The zero-order chi connectivity index (χ0) is 19.8. The maximum atomic E-state index is 12.2. The lowest BCUT2D eigenvalue weighted by molar-refractivity contribution is -0.141. The fourth-order valence-electron chi connectivity index (χ4n) is 3.88. The van der Waals surface area contributed by atoms with E-state index in [0.717, 1.165) is 18.6 Å². The van der Waals surface area contributed by atoms with E-state index in [1.807, 2.05) is 13.0 Å². The number of oxime groups is 1. The number of carbonyl (C=O) groups excluding carboxylic acids is 2.